The molecule has 0 aliphatic carbocycles. The summed E-state index contributed by atoms with van der Waals surface area (Å²) < 4.78 is 7.04. The van der Waals surface area contributed by atoms with E-state index < -0.39 is 6.10 Å². The third-order valence-electron chi connectivity index (χ3n) is 3.18. The predicted molar refractivity (Wildman–Crippen MR) is 88.1 cm³/mol. The topological polar surface area (TPSA) is 29.5 Å². The van der Waals surface area contributed by atoms with Crippen LogP contribution in [0.3, 0.4) is 0 Å². The molecular weight excluding hydrogens is 384 g/mol. The van der Waals surface area contributed by atoms with Gasteiger partial charge < -0.3 is 9.84 Å². The molecule has 0 radical (unpaired) electrons. The molecule has 0 saturated heterocycles. The van der Waals surface area contributed by atoms with Crippen LogP contribution >= 0.6 is 31.9 Å². The number of hydrogen-bond donors (Lipinski definition) is 1. The third kappa shape index (κ3) is 4.08. The number of aryl methyl sites for hydroxylation is 1. The van der Waals surface area contributed by atoms with Gasteiger partial charge in [-0.3, -0.25) is 0 Å². The Hall–Kier alpha value is -0.840. The molecule has 0 aliphatic heterocycles. The molecule has 1 unspecified atom stereocenters. The molecule has 0 spiro atoms. The molecule has 2 aromatic carbocycles. The van der Waals surface area contributed by atoms with Gasteiger partial charge in [-0.2, -0.15) is 0 Å². The summed E-state index contributed by atoms with van der Waals surface area (Å²) >= 11 is 6.91. The first-order valence-electron chi connectivity index (χ1n) is 6.36. The zero-order valence-electron chi connectivity index (χ0n) is 11.1. The lowest BCUT2D eigenvalue weighted by Crippen LogP contribution is -2.01. The maximum Gasteiger partial charge on any atom is 0.118 e. The van der Waals surface area contributed by atoms with Crippen LogP contribution in [-0.2, 0) is 6.42 Å². The molecule has 0 bridgehead atoms. The lowest BCUT2D eigenvalue weighted by Gasteiger charge is -2.13. The fourth-order valence-electron chi connectivity index (χ4n) is 2.02. The Kier molecular flexibility index (Phi) is 5.64. The van der Waals surface area contributed by atoms with E-state index in [1.54, 1.807) is 7.11 Å². The maximum atomic E-state index is 10.3. The average molecular weight is 400 g/mol. The van der Waals surface area contributed by atoms with Gasteiger partial charge in [0, 0.05) is 8.95 Å². The molecule has 0 aliphatic rings. The van der Waals surface area contributed by atoms with Crippen molar-refractivity contribution in [3.8, 4) is 5.75 Å². The highest BCUT2D eigenvalue weighted by Crippen LogP contribution is 2.29. The Bertz CT molecular complexity index is 567. The van der Waals surface area contributed by atoms with E-state index in [1.807, 2.05) is 42.5 Å². The van der Waals surface area contributed by atoms with Crippen molar-refractivity contribution in [2.75, 3.05) is 7.11 Å². The van der Waals surface area contributed by atoms with Gasteiger partial charge in [0.15, 0.2) is 0 Å². The van der Waals surface area contributed by atoms with E-state index in [-0.39, 0.29) is 0 Å². The SMILES string of the molecule is COc1ccc(CCC(O)c2cc(Br)ccc2Br)cc1. The Morgan fingerprint density at radius 2 is 1.80 bits per heavy atom. The van der Waals surface area contributed by atoms with Crippen LogP contribution in [0.4, 0.5) is 0 Å². The van der Waals surface area contributed by atoms with Gasteiger partial charge in [-0.15, -0.1) is 0 Å². The molecule has 20 heavy (non-hydrogen) atoms. The molecule has 106 valence electrons. The van der Waals surface area contributed by atoms with E-state index in [2.05, 4.69) is 31.9 Å². The van der Waals surface area contributed by atoms with Gasteiger partial charge in [0.25, 0.3) is 0 Å². The second-order valence-electron chi connectivity index (χ2n) is 4.57. The van der Waals surface area contributed by atoms with Crippen LogP contribution in [0, 0.1) is 0 Å². The van der Waals surface area contributed by atoms with Gasteiger partial charge in [0.2, 0.25) is 0 Å². The highest BCUT2D eigenvalue weighted by atomic mass is 79.9. The Labute approximate surface area is 136 Å². The minimum absolute atomic E-state index is 0.482. The van der Waals surface area contributed by atoms with Crippen molar-refractivity contribution in [1.82, 2.24) is 0 Å². The van der Waals surface area contributed by atoms with Crippen LogP contribution in [0.1, 0.15) is 23.7 Å². The van der Waals surface area contributed by atoms with Crippen molar-refractivity contribution in [2.24, 2.45) is 0 Å². The van der Waals surface area contributed by atoms with Crippen LogP contribution in [0.15, 0.2) is 51.4 Å². The van der Waals surface area contributed by atoms with Gasteiger partial charge in [-0.25, -0.2) is 0 Å². The van der Waals surface area contributed by atoms with Crippen molar-refractivity contribution < 1.29 is 9.84 Å². The maximum absolute atomic E-state index is 10.3. The first kappa shape index (κ1) is 15.5. The fourth-order valence-corrected chi connectivity index (χ4v) is 2.91. The van der Waals surface area contributed by atoms with Crippen LogP contribution in [0.5, 0.6) is 5.75 Å². The number of aliphatic hydroxyl groups is 1. The molecule has 0 aromatic heterocycles. The number of aliphatic hydroxyl groups excluding tert-OH is 1. The largest absolute Gasteiger partial charge is 0.497 e. The summed E-state index contributed by atoms with van der Waals surface area (Å²) in [4.78, 5) is 0. The average Bonchev–Trinajstić information content (AvgIpc) is 2.47. The van der Waals surface area contributed by atoms with Crippen molar-refractivity contribution in [3.05, 3.63) is 62.5 Å². The van der Waals surface area contributed by atoms with Gasteiger partial charge >= 0.3 is 0 Å². The van der Waals surface area contributed by atoms with E-state index in [4.69, 9.17) is 4.74 Å². The first-order valence-corrected chi connectivity index (χ1v) is 7.94. The van der Waals surface area contributed by atoms with Crippen molar-refractivity contribution in [1.29, 1.82) is 0 Å². The smallest absolute Gasteiger partial charge is 0.118 e. The van der Waals surface area contributed by atoms with Gasteiger partial charge in [-0.05, 0) is 54.3 Å². The van der Waals surface area contributed by atoms with Crippen molar-refractivity contribution in [2.45, 2.75) is 18.9 Å². The quantitative estimate of drug-likeness (QED) is 0.775. The number of benzene rings is 2. The highest BCUT2D eigenvalue weighted by Gasteiger charge is 2.12. The summed E-state index contributed by atoms with van der Waals surface area (Å²) in [6.45, 7) is 0. The molecule has 1 atom stereocenters. The molecule has 2 rings (SSSR count). The van der Waals surface area contributed by atoms with Crippen LogP contribution in [-0.4, -0.2) is 12.2 Å². The molecule has 2 nitrogen and oxygen atoms in total. The minimum atomic E-state index is -0.482. The molecule has 0 amide bonds. The Balaban J connectivity index is 2.00. The van der Waals surface area contributed by atoms with Crippen molar-refractivity contribution >= 4 is 31.9 Å². The number of ether oxygens (including phenoxy) is 1. The van der Waals surface area contributed by atoms with E-state index in [0.717, 1.165) is 26.7 Å². The van der Waals surface area contributed by atoms with E-state index in [9.17, 15) is 5.11 Å². The molecule has 4 heteroatoms. The van der Waals surface area contributed by atoms with Crippen LogP contribution in [0.2, 0.25) is 0 Å². The van der Waals surface area contributed by atoms with Crippen LogP contribution < -0.4 is 4.74 Å². The van der Waals surface area contributed by atoms with Gasteiger partial charge in [0.05, 0.1) is 13.2 Å². The van der Waals surface area contributed by atoms with Crippen molar-refractivity contribution in [3.63, 3.8) is 0 Å². The second-order valence-corrected chi connectivity index (χ2v) is 6.34. The summed E-state index contributed by atoms with van der Waals surface area (Å²) in [7, 11) is 1.66. The lowest BCUT2D eigenvalue weighted by atomic mass is 10.0. The molecule has 1 N–H and O–H groups in total. The normalized spacial score (nSPS) is 12.2. The Morgan fingerprint density at radius 1 is 1.10 bits per heavy atom. The number of methoxy groups -OCH3 is 1. The molecule has 0 heterocycles. The number of halogens is 2. The number of rotatable bonds is 5. The lowest BCUT2D eigenvalue weighted by molar-refractivity contribution is 0.167. The molecular formula is C16H16Br2O2. The van der Waals surface area contributed by atoms with Gasteiger partial charge in [0.1, 0.15) is 5.75 Å². The fraction of sp³-hybridized carbons (Fsp3) is 0.250. The summed E-state index contributed by atoms with van der Waals surface area (Å²) in [6, 6.07) is 13.8. The third-order valence-corrected chi connectivity index (χ3v) is 4.40. The van der Waals surface area contributed by atoms with E-state index >= 15 is 0 Å². The zero-order valence-corrected chi connectivity index (χ0v) is 14.3. The zero-order chi connectivity index (χ0) is 14.5. The number of hydrogen-bond acceptors (Lipinski definition) is 2. The standard InChI is InChI=1S/C16H16Br2O2/c1-20-13-6-2-11(3-7-13)4-9-16(19)14-10-12(17)5-8-15(14)18/h2-3,5-8,10,16,19H,4,9H2,1H3. The van der Waals surface area contributed by atoms with Gasteiger partial charge in [-0.1, -0.05) is 44.0 Å². The molecule has 0 saturated carbocycles. The summed E-state index contributed by atoms with van der Waals surface area (Å²) in [5.41, 5.74) is 2.10. The molecule has 2 aromatic rings. The Morgan fingerprint density at radius 3 is 2.45 bits per heavy atom. The predicted octanol–water partition coefficient (Wildman–Crippen LogP) is 4.89. The first-order chi connectivity index (χ1) is 9.60. The summed E-state index contributed by atoms with van der Waals surface area (Å²) in [5.74, 6) is 0.851. The van der Waals surface area contributed by atoms with E-state index in [1.165, 1.54) is 5.56 Å². The monoisotopic (exact) mass is 398 g/mol. The summed E-state index contributed by atoms with van der Waals surface area (Å²) in [5, 5.41) is 10.3. The van der Waals surface area contributed by atoms with E-state index in [0.29, 0.717) is 6.42 Å². The highest BCUT2D eigenvalue weighted by molar-refractivity contribution is 9.11. The van der Waals surface area contributed by atoms with Crippen LogP contribution in [0.25, 0.3) is 0 Å². The second kappa shape index (κ2) is 7.25. The summed E-state index contributed by atoms with van der Waals surface area (Å²) in [6.07, 6.45) is 1.02. The molecule has 0 fully saturated rings. The minimum Gasteiger partial charge on any atom is -0.497 e.